The zero-order chi connectivity index (χ0) is 10.1. The molecule has 4 heteroatoms. The van der Waals surface area contributed by atoms with Crippen LogP contribution in [0, 0.1) is 0 Å². The molecule has 0 aliphatic carbocycles. The van der Waals surface area contributed by atoms with Gasteiger partial charge in [-0.25, -0.2) is 0 Å². The summed E-state index contributed by atoms with van der Waals surface area (Å²) in [6, 6.07) is 1.59. The number of hydrogen-bond donors (Lipinski definition) is 0. The van der Waals surface area contributed by atoms with Gasteiger partial charge in [-0.05, 0) is 12.8 Å². The molecule has 3 nitrogen and oxygen atoms in total. The average molecular weight is 214 g/mol. The van der Waals surface area contributed by atoms with Gasteiger partial charge in [0.1, 0.15) is 5.02 Å². The molecule has 0 aromatic carbocycles. The van der Waals surface area contributed by atoms with E-state index in [1.807, 2.05) is 0 Å². The summed E-state index contributed by atoms with van der Waals surface area (Å²) in [5, 5.41) is 0.539. The highest BCUT2D eigenvalue weighted by atomic mass is 35.5. The highest BCUT2D eigenvalue weighted by Gasteiger charge is 2.20. The topological polar surface area (TPSA) is 33.5 Å². The van der Waals surface area contributed by atoms with Gasteiger partial charge in [-0.2, -0.15) is 0 Å². The summed E-state index contributed by atoms with van der Waals surface area (Å²) in [7, 11) is 0. The van der Waals surface area contributed by atoms with E-state index in [0.29, 0.717) is 16.7 Å². The fraction of sp³-hybridized carbons (Fsp3) is 0.500. The first-order valence-corrected chi connectivity index (χ1v) is 5.11. The van der Waals surface area contributed by atoms with Gasteiger partial charge >= 0.3 is 0 Å². The van der Waals surface area contributed by atoms with Gasteiger partial charge in [0, 0.05) is 26.1 Å². The summed E-state index contributed by atoms with van der Waals surface area (Å²) >= 11 is 5.98. The Morgan fingerprint density at radius 2 is 2.14 bits per heavy atom. The van der Waals surface area contributed by atoms with Gasteiger partial charge < -0.3 is 9.32 Å². The zero-order valence-electron chi connectivity index (χ0n) is 8.05. The summed E-state index contributed by atoms with van der Waals surface area (Å²) in [5.41, 5.74) is 0. The van der Waals surface area contributed by atoms with E-state index in [4.69, 9.17) is 16.0 Å². The number of carbonyl (C=O) groups excluding carboxylic acids is 1. The maximum Gasteiger partial charge on any atom is 0.215 e. The molecule has 1 aliphatic heterocycles. The second-order valence-electron chi connectivity index (χ2n) is 3.51. The zero-order valence-corrected chi connectivity index (χ0v) is 8.80. The molecule has 1 aromatic heterocycles. The van der Waals surface area contributed by atoms with E-state index in [0.717, 1.165) is 25.9 Å². The minimum absolute atomic E-state index is 0.0858. The van der Waals surface area contributed by atoms with Gasteiger partial charge in [-0.15, -0.1) is 0 Å². The van der Waals surface area contributed by atoms with E-state index in [-0.39, 0.29) is 5.78 Å². The first-order chi connectivity index (χ1) is 6.68. The van der Waals surface area contributed by atoms with E-state index in [9.17, 15) is 4.79 Å². The van der Waals surface area contributed by atoms with Gasteiger partial charge in [0.25, 0.3) is 0 Å². The van der Waals surface area contributed by atoms with Crippen molar-refractivity contribution in [3.63, 3.8) is 0 Å². The molecule has 76 valence electrons. The third-order valence-electron chi connectivity index (χ3n) is 2.41. The fourth-order valence-electron chi connectivity index (χ4n) is 1.67. The fourth-order valence-corrected chi connectivity index (χ4v) is 1.93. The van der Waals surface area contributed by atoms with Crippen LogP contribution in [0.2, 0.25) is 5.02 Å². The van der Waals surface area contributed by atoms with Crippen LogP contribution in [0.25, 0.3) is 0 Å². The second kappa shape index (κ2) is 3.65. The molecule has 0 spiro atoms. The van der Waals surface area contributed by atoms with Crippen LogP contribution in [-0.2, 0) is 0 Å². The van der Waals surface area contributed by atoms with Crippen LogP contribution >= 0.6 is 11.6 Å². The van der Waals surface area contributed by atoms with Gasteiger partial charge in [0.05, 0.1) is 0 Å². The number of nitrogens with zero attached hydrogens (tertiary/aromatic N) is 1. The molecule has 2 heterocycles. The summed E-state index contributed by atoms with van der Waals surface area (Å²) < 4.78 is 5.40. The molecule has 0 unspecified atom stereocenters. The number of furan rings is 1. The minimum Gasteiger partial charge on any atom is -0.436 e. The maximum atomic E-state index is 11.1. The number of hydrogen-bond acceptors (Lipinski definition) is 3. The van der Waals surface area contributed by atoms with E-state index in [1.54, 1.807) is 6.07 Å². The lowest BCUT2D eigenvalue weighted by atomic mass is 10.3. The number of carbonyl (C=O) groups is 1. The first-order valence-electron chi connectivity index (χ1n) is 4.73. The second-order valence-corrected chi connectivity index (χ2v) is 3.92. The van der Waals surface area contributed by atoms with Crippen molar-refractivity contribution >= 4 is 23.3 Å². The summed E-state index contributed by atoms with van der Waals surface area (Å²) in [6.45, 7) is 3.40. The van der Waals surface area contributed by atoms with Crippen molar-refractivity contribution < 1.29 is 9.21 Å². The Hall–Kier alpha value is -0.960. The van der Waals surface area contributed by atoms with Gasteiger partial charge in [0.15, 0.2) is 11.5 Å². The molecule has 0 radical (unpaired) electrons. The van der Waals surface area contributed by atoms with Crippen molar-refractivity contribution in [2.24, 2.45) is 0 Å². The van der Waals surface area contributed by atoms with Gasteiger partial charge in [-0.3, -0.25) is 4.79 Å². The number of rotatable bonds is 2. The molecule has 14 heavy (non-hydrogen) atoms. The summed E-state index contributed by atoms with van der Waals surface area (Å²) in [5.74, 6) is 0.906. The Balaban J connectivity index is 2.28. The van der Waals surface area contributed by atoms with Crippen molar-refractivity contribution in [2.75, 3.05) is 18.0 Å². The van der Waals surface area contributed by atoms with Crippen molar-refractivity contribution in [3.05, 3.63) is 16.8 Å². The highest BCUT2D eigenvalue weighted by Crippen LogP contribution is 2.32. The Morgan fingerprint density at radius 3 is 2.64 bits per heavy atom. The minimum atomic E-state index is -0.0858. The summed E-state index contributed by atoms with van der Waals surface area (Å²) in [4.78, 5) is 13.1. The van der Waals surface area contributed by atoms with Crippen LogP contribution in [0.1, 0.15) is 30.3 Å². The van der Waals surface area contributed by atoms with Crippen molar-refractivity contribution in [2.45, 2.75) is 19.8 Å². The van der Waals surface area contributed by atoms with Crippen molar-refractivity contribution in [1.82, 2.24) is 0 Å². The molecule has 1 fully saturated rings. The van der Waals surface area contributed by atoms with Crippen LogP contribution in [-0.4, -0.2) is 18.9 Å². The van der Waals surface area contributed by atoms with E-state index in [1.165, 1.54) is 6.92 Å². The normalized spacial score (nSPS) is 16.3. The van der Waals surface area contributed by atoms with Crippen molar-refractivity contribution in [1.29, 1.82) is 0 Å². The van der Waals surface area contributed by atoms with E-state index < -0.39 is 0 Å². The smallest absolute Gasteiger partial charge is 0.215 e. The molecule has 0 atom stereocenters. The van der Waals surface area contributed by atoms with Crippen molar-refractivity contribution in [3.8, 4) is 0 Å². The molecule has 2 rings (SSSR count). The Morgan fingerprint density at radius 1 is 1.50 bits per heavy atom. The third kappa shape index (κ3) is 1.64. The summed E-state index contributed by atoms with van der Waals surface area (Å²) in [6.07, 6.45) is 2.32. The molecule has 0 N–H and O–H groups in total. The molecule has 0 saturated carbocycles. The predicted molar refractivity (Wildman–Crippen MR) is 55.2 cm³/mol. The molecule has 0 amide bonds. The van der Waals surface area contributed by atoms with Gasteiger partial charge in [0.2, 0.25) is 5.88 Å². The number of halogens is 1. The molecular weight excluding hydrogens is 202 g/mol. The standard InChI is InChI=1S/C10H12ClNO2/c1-7(13)9-6-8(11)10(14-9)12-4-2-3-5-12/h6H,2-5H2,1H3. The largest absolute Gasteiger partial charge is 0.436 e. The first kappa shape index (κ1) is 9.59. The maximum absolute atomic E-state index is 11.1. The van der Waals surface area contributed by atoms with Crippen LogP contribution in [0.15, 0.2) is 10.5 Å². The van der Waals surface area contributed by atoms with Crippen LogP contribution in [0.5, 0.6) is 0 Å². The number of anilines is 1. The molecule has 1 aliphatic rings. The Kier molecular flexibility index (Phi) is 2.50. The van der Waals surface area contributed by atoms with Crippen LogP contribution in [0.3, 0.4) is 0 Å². The lowest BCUT2D eigenvalue weighted by Crippen LogP contribution is -2.17. The Labute approximate surface area is 87.6 Å². The third-order valence-corrected chi connectivity index (χ3v) is 2.68. The van der Waals surface area contributed by atoms with Crippen LogP contribution < -0.4 is 4.90 Å². The van der Waals surface area contributed by atoms with Gasteiger partial charge in [-0.1, -0.05) is 11.6 Å². The quantitative estimate of drug-likeness (QED) is 0.709. The number of Topliss-reactive ketones (excluding diaryl/α,β-unsaturated/α-hetero) is 1. The van der Waals surface area contributed by atoms with E-state index in [2.05, 4.69) is 4.90 Å². The average Bonchev–Trinajstić information content (AvgIpc) is 2.71. The van der Waals surface area contributed by atoms with E-state index >= 15 is 0 Å². The molecule has 1 aromatic rings. The number of ketones is 1. The lowest BCUT2D eigenvalue weighted by molar-refractivity contribution is 0.0988. The molecule has 0 bridgehead atoms. The molecular formula is C10H12ClNO2. The lowest BCUT2D eigenvalue weighted by Gasteiger charge is -2.13. The Bertz CT molecular complexity index is 353. The SMILES string of the molecule is CC(=O)c1cc(Cl)c(N2CCCC2)o1. The monoisotopic (exact) mass is 213 g/mol. The predicted octanol–water partition coefficient (Wildman–Crippen LogP) is 2.74. The highest BCUT2D eigenvalue weighted by molar-refractivity contribution is 6.33. The van der Waals surface area contributed by atoms with Crippen LogP contribution in [0.4, 0.5) is 5.88 Å². The molecule has 1 saturated heterocycles.